The van der Waals surface area contributed by atoms with Gasteiger partial charge in [0.25, 0.3) is 5.91 Å². The molecule has 0 bridgehead atoms. The van der Waals surface area contributed by atoms with Crippen molar-refractivity contribution >= 4 is 17.7 Å². The van der Waals surface area contributed by atoms with Gasteiger partial charge in [0, 0.05) is 31.5 Å². The molecule has 6 heteroatoms. The Kier molecular flexibility index (Phi) is 6.77. The van der Waals surface area contributed by atoms with E-state index in [-0.39, 0.29) is 24.3 Å². The van der Waals surface area contributed by atoms with Gasteiger partial charge < -0.3 is 5.32 Å². The van der Waals surface area contributed by atoms with Crippen molar-refractivity contribution < 1.29 is 14.4 Å². The number of hydrogen-bond donors (Lipinski definition) is 1. The monoisotopic (exact) mass is 419 g/mol. The van der Waals surface area contributed by atoms with Crippen LogP contribution in [0.1, 0.15) is 59.2 Å². The zero-order valence-corrected chi connectivity index (χ0v) is 17.8. The van der Waals surface area contributed by atoms with Crippen LogP contribution in [0, 0.1) is 0 Å². The summed E-state index contributed by atoms with van der Waals surface area (Å²) in [6.45, 7) is 4.10. The van der Waals surface area contributed by atoms with E-state index >= 15 is 0 Å². The van der Waals surface area contributed by atoms with Gasteiger partial charge in [-0.15, -0.1) is 0 Å². The molecule has 6 nitrogen and oxygen atoms in total. The van der Waals surface area contributed by atoms with Gasteiger partial charge in [0.15, 0.2) is 0 Å². The molecule has 1 N–H and O–H groups in total. The van der Waals surface area contributed by atoms with Crippen LogP contribution in [0.3, 0.4) is 0 Å². The minimum Gasteiger partial charge on any atom is -0.348 e. The van der Waals surface area contributed by atoms with E-state index in [0.29, 0.717) is 24.9 Å². The van der Waals surface area contributed by atoms with Crippen molar-refractivity contribution in [3.8, 4) is 0 Å². The number of nitrogens with one attached hydrogen (secondary N) is 1. The second-order valence-electron chi connectivity index (χ2n) is 8.41. The third-order valence-electron chi connectivity index (χ3n) is 6.04. The Labute approximate surface area is 183 Å². The number of carbonyl (C=O) groups is 3. The highest BCUT2D eigenvalue weighted by Crippen LogP contribution is 2.17. The van der Waals surface area contributed by atoms with Gasteiger partial charge in [0.2, 0.25) is 11.8 Å². The summed E-state index contributed by atoms with van der Waals surface area (Å²) < 4.78 is 0. The summed E-state index contributed by atoms with van der Waals surface area (Å²) >= 11 is 0. The summed E-state index contributed by atoms with van der Waals surface area (Å²) in [4.78, 5) is 39.7. The number of amides is 3. The largest absolute Gasteiger partial charge is 0.348 e. The summed E-state index contributed by atoms with van der Waals surface area (Å²) in [5.74, 6) is -0.403. The van der Waals surface area contributed by atoms with Crippen LogP contribution in [-0.4, -0.2) is 40.6 Å². The van der Waals surface area contributed by atoms with Crippen LogP contribution in [0.4, 0.5) is 0 Å². The average molecular weight is 420 g/mol. The SMILES string of the molecule is O=C(NCc1ccc(CN2CCCCC2)cc1)c1ccc(CN2C(=O)CCC2=O)cc1. The van der Waals surface area contributed by atoms with E-state index in [9.17, 15) is 14.4 Å². The maximum absolute atomic E-state index is 12.5. The predicted octanol–water partition coefficient (Wildman–Crippen LogP) is 3.25. The van der Waals surface area contributed by atoms with Gasteiger partial charge in [0.05, 0.1) is 6.54 Å². The Morgan fingerprint density at radius 1 is 0.742 bits per heavy atom. The molecular formula is C25H29N3O3. The molecule has 2 fully saturated rings. The van der Waals surface area contributed by atoms with Gasteiger partial charge in [-0.3, -0.25) is 24.2 Å². The Balaban J connectivity index is 1.26. The van der Waals surface area contributed by atoms with Crippen LogP contribution in [0.2, 0.25) is 0 Å². The zero-order chi connectivity index (χ0) is 21.6. The first-order valence-electron chi connectivity index (χ1n) is 11.1. The van der Waals surface area contributed by atoms with E-state index < -0.39 is 0 Å². The normalized spacial score (nSPS) is 17.2. The van der Waals surface area contributed by atoms with Gasteiger partial charge in [-0.25, -0.2) is 0 Å². The van der Waals surface area contributed by atoms with Gasteiger partial charge in [-0.05, 0) is 54.8 Å². The van der Waals surface area contributed by atoms with Gasteiger partial charge in [-0.2, -0.15) is 0 Å². The zero-order valence-electron chi connectivity index (χ0n) is 17.8. The topological polar surface area (TPSA) is 69.7 Å². The van der Waals surface area contributed by atoms with E-state index in [2.05, 4.69) is 34.5 Å². The summed E-state index contributed by atoms with van der Waals surface area (Å²) in [6, 6.07) is 15.5. The summed E-state index contributed by atoms with van der Waals surface area (Å²) in [5.41, 5.74) is 3.77. The highest BCUT2D eigenvalue weighted by atomic mass is 16.2. The molecule has 0 aliphatic carbocycles. The number of carbonyl (C=O) groups excluding carboxylic acids is 3. The van der Waals surface area contributed by atoms with Crippen LogP contribution in [0.5, 0.6) is 0 Å². The van der Waals surface area contributed by atoms with Crippen LogP contribution in [0.25, 0.3) is 0 Å². The molecule has 2 aliphatic rings. The molecule has 0 aromatic heterocycles. The fourth-order valence-corrected chi connectivity index (χ4v) is 4.17. The van der Waals surface area contributed by atoms with Crippen molar-refractivity contribution in [2.75, 3.05) is 13.1 Å². The summed E-state index contributed by atoms with van der Waals surface area (Å²) in [5, 5.41) is 2.95. The molecule has 3 amide bonds. The lowest BCUT2D eigenvalue weighted by atomic mass is 10.1. The van der Waals surface area contributed by atoms with Gasteiger partial charge in [-0.1, -0.05) is 42.8 Å². The maximum atomic E-state index is 12.5. The van der Waals surface area contributed by atoms with Crippen LogP contribution >= 0.6 is 0 Å². The first-order valence-corrected chi connectivity index (χ1v) is 11.1. The highest BCUT2D eigenvalue weighted by molar-refractivity contribution is 6.01. The molecule has 2 heterocycles. The molecule has 2 saturated heterocycles. The molecule has 2 aromatic carbocycles. The second kappa shape index (κ2) is 9.88. The minimum absolute atomic E-state index is 0.131. The van der Waals surface area contributed by atoms with E-state index in [4.69, 9.17) is 0 Å². The highest BCUT2D eigenvalue weighted by Gasteiger charge is 2.28. The molecule has 162 valence electrons. The van der Waals surface area contributed by atoms with Crippen LogP contribution in [-0.2, 0) is 29.2 Å². The fourth-order valence-electron chi connectivity index (χ4n) is 4.17. The van der Waals surface area contributed by atoms with Crippen molar-refractivity contribution in [1.82, 2.24) is 15.1 Å². The molecule has 2 aromatic rings. The van der Waals surface area contributed by atoms with Crippen molar-refractivity contribution in [1.29, 1.82) is 0 Å². The Bertz CT molecular complexity index is 915. The third kappa shape index (κ3) is 5.58. The lowest BCUT2D eigenvalue weighted by molar-refractivity contribution is -0.139. The van der Waals surface area contributed by atoms with Crippen LogP contribution < -0.4 is 5.32 Å². The standard InChI is InChI=1S/C25H29N3O3/c29-23-12-13-24(30)28(23)18-21-8-10-22(11-9-21)25(31)26-16-19-4-6-20(7-5-19)17-27-14-2-1-3-15-27/h4-11H,1-3,12-18H2,(H,26,31). The number of nitrogens with zero attached hydrogens (tertiary/aromatic N) is 2. The number of piperidine rings is 1. The Hall–Kier alpha value is -2.99. The first kappa shape index (κ1) is 21.2. The number of benzene rings is 2. The molecule has 0 unspecified atom stereocenters. The smallest absolute Gasteiger partial charge is 0.251 e. The molecule has 4 rings (SSSR count). The summed E-state index contributed by atoms with van der Waals surface area (Å²) in [7, 11) is 0. The molecule has 31 heavy (non-hydrogen) atoms. The van der Waals surface area contributed by atoms with Crippen molar-refractivity contribution in [2.24, 2.45) is 0 Å². The van der Waals surface area contributed by atoms with E-state index in [1.54, 1.807) is 24.3 Å². The maximum Gasteiger partial charge on any atom is 0.251 e. The van der Waals surface area contributed by atoms with Crippen molar-refractivity contribution in [2.45, 2.75) is 51.7 Å². The molecule has 0 radical (unpaired) electrons. The molecule has 0 saturated carbocycles. The molecule has 2 aliphatic heterocycles. The Morgan fingerprint density at radius 3 is 1.94 bits per heavy atom. The Morgan fingerprint density at radius 2 is 1.29 bits per heavy atom. The lowest BCUT2D eigenvalue weighted by Gasteiger charge is -2.26. The average Bonchev–Trinajstić information content (AvgIpc) is 3.12. The van der Waals surface area contributed by atoms with Crippen LogP contribution in [0.15, 0.2) is 48.5 Å². The van der Waals surface area contributed by atoms with Gasteiger partial charge in [0.1, 0.15) is 0 Å². The molecule has 0 spiro atoms. The number of imide groups is 1. The quantitative estimate of drug-likeness (QED) is 0.700. The van der Waals surface area contributed by atoms with E-state index in [1.807, 2.05) is 0 Å². The fraction of sp³-hybridized carbons (Fsp3) is 0.400. The first-order chi connectivity index (χ1) is 15.1. The molecule has 0 atom stereocenters. The predicted molar refractivity (Wildman–Crippen MR) is 118 cm³/mol. The van der Waals surface area contributed by atoms with E-state index in [0.717, 1.165) is 17.7 Å². The number of rotatable bonds is 7. The van der Waals surface area contributed by atoms with Crippen molar-refractivity contribution in [3.05, 3.63) is 70.8 Å². The number of likely N-dealkylation sites (tertiary alicyclic amines) is 2. The van der Waals surface area contributed by atoms with E-state index in [1.165, 1.54) is 42.8 Å². The van der Waals surface area contributed by atoms with Gasteiger partial charge >= 0.3 is 0 Å². The second-order valence-corrected chi connectivity index (χ2v) is 8.41. The summed E-state index contributed by atoms with van der Waals surface area (Å²) in [6.07, 6.45) is 4.51. The third-order valence-corrected chi connectivity index (χ3v) is 6.04. The lowest BCUT2D eigenvalue weighted by Crippen LogP contribution is -2.29. The minimum atomic E-state index is -0.141. The van der Waals surface area contributed by atoms with Crippen molar-refractivity contribution in [3.63, 3.8) is 0 Å². The number of hydrogen-bond acceptors (Lipinski definition) is 4. The molecular weight excluding hydrogens is 390 g/mol.